The first-order valence-electron chi connectivity index (χ1n) is 10.7. The van der Waals surface area contributed by atoms with Crippen molar-refractivity contribution in [3.63, 3.8) is 0 Å². The summed E-state index contributed by atoms with van der Waals surface area (Å²) in [6, 6.07) is 18.3. The largest absolute Gasteiger partial charge is 0.494 e. The first-order chi connectivity index (χ1) is 17.4. The van der Waals surface area contributed by atoms with E-state index in [9.17, 15) is 14.4 Å². The van der Waals surface area contributed by atoms with Crippen LogP contribution in [0, 0.1) is 0 Å². The van der Waals surface area contributed by atoms with E-state index in [2.05, 4.69) is 21.2 Å². The lowest BCUT2D eigenvalue weighted by Crippen LogP contribution is -2.32. The highest BCUT2D eigenvalue weighted by molar-refractivity contribution is 6.45. The third kappa shape index (κ3) is 8.00. The summed E-state index contributed by atoms with van der Waals surface area (Å²) in [6.45, 7) is 2.28. The Morgan fingerprint density at radius 3 is 2.22 bits per heavy atom. The summed E-state index contributed by atoms with van der Waals surface area (Å²) in [4.78, 5) is 36.0. The number of carbonyl (C=O) groups excluding carboxylic acids is 3. The van der Waals surface area contributed by atoms with Crippen LogP contribution in [0.2, 0.25) is 10.0 Å². The van der Waals surface area contributed by atoms with Crippen molar-refractivity contribution < 1.29 is 23.9 Å². The molecule has 0 saturated carbocycles. The molecule has 0 heterocycles. The number of benzene rings is 3. The Morgan fingerprint density at radius 2 is 1.53 bits per heavy atom. The van der Waals surface area contributed by atoms with Crippen molar-refractivity contribution in [2.24, 2.45) is 5.10 Å². The van der Waals surface area contributed by atoms with Crippen LogP contribution in [0.5, 0.6) is 11.5 Å². The van der Waals surface area contributed by atoms with Gasteiger partial charge in [0, 0.05) is 5.69 Å². The molecule has 11 heteroatoms. The predicted molar refractivity (Wildman–Crippen MR) is 139 cm³/mol. The molecule has 0 saturated heterocycles. The quantitative estimate of drug-likeness (QED) is 0.214. The van der Waals surface area contributed by atoms with Gasteiger partial charge in [-0.1, -0.05) is 29.3 Å². The lowest BCUT2D eigenvalue weighted by atomic mass is 10.2. The zero-order chi connectivity index (χ0) is 25.9. The van der Waals surface area contributed by atoms with Gasteiger partial charge in [0.1, 0.15) is 11.5 Å². The Morgan fingerprint density at radius 1 is 0.861 bits per heavy atom. The Hall–Kier alpha value is -4.08. The van der Waals surface area contributed by atoms with Crippen LogP contribution < -0.4 is 25.5 Å². The predicted octanol–water partition coefficient (Wildman–Crippen LogP) is 4.50. The summed E-state index contributed by atoms with van der Waals surface area (Å²) in [7, 11) is 0. The molecule has 3 aromatic rings. The smallest absolute Gasteiger partial charge is 0.329 e. The highest BCUT2D eigenvalue weighted by Gasteiger charge is 2.15. The maximum Gasteiger partial charge on any atom is 0.329 e. The summed E-state index contributed by atoms with van der Waals surface area (Å²) < 4.78 is 10.8. The summed E-state index contributed by atoms with van der Waals surface area (Å²) in [6.07, 6.45) is 1.35. The van der Waals surface area contributed by atoms with Crippen molar-refractivity contribution in [3.8, 4) is 11.5 Å². The van der Waals surface area contributed by atoms with E-state index in [0.29, 0.717) is 23.6 Å². The summed E-state index contributed by atoms with van der Waals surface area (Å²) in [5, 5.41) is 9.21. The monoisotopic (exact) mass is 528 g/mol. The molecule has 0 unspecified atom stereocenters. The highest BCUT2D eigenvalue weighted by atomic mass is 35.5. The summed E-state index contributed by atoms with van der Waals surface area (Å²) >= 11 is 11.9. The van der Waals surface area contributed by atoms with Crippen LogP contribution in [0.4, 0.5) is 11.4 Å². The van der Waals surface area contributed by atoms with Crippen molar-refractivity contribution in [1.82, 2.24) is 5.43 Å². The molecule has 0 aliphatic heterocycles. The maximum absolute atomic E-state index is 12.1. The van der Waals surface area contributed by atoms with Gasteiger partial charge in [0.05, 0.1) is 28.6 Å². The van der Waals surface area contributed by atoms with E-state index in [1.165, 1.54) is 12.3 Å². The normalized spacial score (nSPS) is 10.5. The molecule has 186 valence electrons. The Bertz CT molecular complexity index is 1250. The van der Waals surface area contributed by atoms with Crippen LogP contribution in [0.25, 0.3) is 0 Å². The zero-order valence-electron chi connectivity index (χ0n) is 19.1. The fourth-order valence-electron chi connectivity index (χ4n) is 2.79. The number of hydrogen-bond donors (Lipinski definition) is 3. The molecule has 0 aliphatic rings. The van der Waals surface area contributed by atoms with E-state index in [0.717, 1.165) is 5.75 Å². The lowest BCUT2D eigenvalue weighted by molar-refractivity contribution is -0.136. The van der Waals surface area contributed by atoms with Crippen LogP contribution >= 0.6 is 23.2 Å². The fourth-order valence-corrected chi connectivity index (χ4v) is 3.14. The lowest BCUT2D eigenvalue weighted by Gasteiger charge is -2.09. The molecule has 0 aromatic heterocycles. The van der Waals surface area contributed by atoms with Crippen LogP contribution in [-0.4, -0.2) is 37.1 Å². The Balaban J connectivity index is 1.43. The van der Waals surface area contributed by atoms with Gasteiger partial charge in [-0.2, -0.15) is 5.10 Å². The van der Waals surface area contributed by atoms with Gasteiger partial charge in [-0.15, -0.1) is 0 Å². The van der Waals surface area contributed by atoms with E-state index in [1.807, 2.05) is 6.92 Å². The van der Waals surface area contributed by atoms with Crippen molar-refractivity contribution in [3.05, 3.63) is 82.3 Å². The van der Waals surface area contributed by atoms with E-state index < -0.39 is 11.8 Å². The standard InChI is InChI=1S/C25H22Cl2N4O5/c1-2-35-18-12-8-17(9-13-18)29-22(32)15-36-19-10-6-16(7-11-19)14-28-31-25(34)24(33)30-21-5-3-4-20(26)23(21)27/h3-14H,2,15H2,1H3,(H,29,32)(H,30,33)(H,31,34)/b28-14-. The van der Waals surface area contributed by atoms with Crippen molar-refractivity contribution in [2.45, 2.75) is 6.92 Å². The van der Waals surface area contributed by atoms with Crippen molar-refractivity contribution in [1.29, 1.82) is 0 Å². The summed E-state index contributed by atoms with van der Waals surface area (Å²) in [5.74, 6) is -1.06. The van der Waals surface area contributed by atoms with Crippen LogP contribution in [0.3, 0.4) is 0 Å². The number of rotatable bonds is 9. The van der Waals surface area contributed by atoms with E-state index in [1.54, 1.807) is 60.7 Å². The molecule has 0 radical (unpaired) electrons. The first-order valence-corrected chi connectivity index (χ1v) is 11.4. The molecule has 0 spiro atoms. The molecule has 3 aromatic carbocycles. The number of ether oxygens (including phenoxy) is 2. The number of halogens is 2. The van der Waals surface area contributed by atoms with Gasteiger partial charge in [0.2, 0.25) is 0 Å². The van der Waals surface area contributed by atoms with Gasteiger partial charge in [0.15, 0.2) is 6.61 Å². The minimum atomic E-state index is -0.985. The molecular weight excluding hydrogens is 507 g/mol. The fraction of sp³-hybridized carbons (Fsp3) is 0.120. The first kappa shape index (κ1) is 26.5. The van der Waals surface area contributed by atoms with E-state index in [-0.39, 0.29) is 28.2 Å². The van der Waals surface area contributed by atoms with Gasteiger partial charge in [-0.25, -0.2) is 5.43 Å². The van der Waals surface area contributed by atoms with Crippen molar-refractivity contribution in [2.75, 3.05) is 23.8 Å². The van der Waals surface area contributed by atoms with Gasteiger partial charge < -0.3 is 20.1 Å². The minimum absolute atomic E-state index is 0.125. The molecule has 0 fully saturated rings. The number of carbonyl (C=O) groups is 3. The molecule has 0 bridgehead atoms. The SMILES string of the molecule is CCOc1ccc(NC(=O)COc2ccc(/C=N\NC(=O)C(=O)Nc3cccc(Cl)c3Cl)cc2)cc1. The highest BCUT2D eigenvalue weighted by Crippen LogP contribution is 2.29. The molecule has 0 aliphatic carbocycles. The second kappa shape index (κ2) is 13.1. The van der Waals surface area contributed by atoms with E-state index in [4.69, 9.17) is 32.7 Å². The number of amides is 3. The number of hydrogen-bond acceptors (Lipinski definition) is 6. The molecule has 3 N–H and O–H groups in total. The average Bonchev–Trinajstić information content (AvgIpc) is 2.87. The average molecular weight is 529 g/mol. The molecule has 36 heavy (non-hydrogen) atoms. The minimum Gasteiger partial charge on any atom is -0.494 e. The van der Waals surface area contributed by atoms with Gasteiger partial charge in [-0.05, 0) is 73.2 Å². The van der Waals surface area contributed by atoms with Crippen LogP contribution in [0.1, 0.15) is 12.5 Å². The van der Waals surface area contributed by atoms with Crippen LogP contribution in [-0.2, 0) is 14.4 Å². The van der Waals surface area contributed by atoms with Gasteiger partial charge in [0.25, 0.3) is 5.91 Å². The second-order valence-electron chi connectivity index (χ2n) is 7.12. The zero-order valence-corrected chi connectivity index (χ0v) is 20.6. The Labute approximate surface area is 217 Å². The molecule has 0 atom stereocenters. The number of nitrogens with zero attached hydrogens (tertiary/aromatic N) is 1. The molecule has 3 rings (SSSR count). The van der Waals surface area contributed by atoms with Crippen molar-refractivity contribution >= 4 is 58.5 Å². The van der Waals surface area contributed by atoms with Crippen LogP contribution in [0.15, 0.2) is 71.8 Å². The number of anilines is 2. The Kier molecular flexibility index (Phi) is 9.67. The third-order valence-corrected chi connectivity index (χ3v) is 5.30. The summed E-state index contributed by atoms with van der Waals surface area (Å²) in [5.41, 5.74) is 3.58. The topological polar surface area (TPSA) is 118 Å². The molecular formula is C25H22Cl2N4O5. The molecule has 3 amide bonds. The van der Waals surface area contributed by atoms with Gasteiger partial charge >= 0.3 is 11.8 Å². The van der Waals surface area contributed by atoms with E-state index >= 15 is 0 Å². The third-order valence-electron chi connectivity index (χ3n) is 4.48. The maximum atomic E-state index is 12.1. The number of nitrogens with one attached hydrogen (secondary N) is 3. The molecule has 9 nitrogen and oxygen atoms in total. The van der Waals surface area contributed by atoms with Gasteiger partial charge in [-0.3, -0.25) is 14.4 Å². The number of hydrazone groups is 1. The second-order valence-corrected chi connectivity index (χ2v) is 7.90.